The molecule has 6 heteroatoms. The molecule has 2 aromatic heterocycles. The number of hydrogen-bond donors (Lipinski definition) is 0. The minimum Gasteiger partial charge on any atom is -0.490 e. The number of aromatic nitrogens is 2. The maximum absolute atomic E-state index is 6.45. The van der Waals surface area contributed by atoms with Crippen LogP contribution in [-0.2, 0) is 0 Å². The van der Waals surface area contributed by atoms with E-state index in [9.17, 15) is 0 Å². The first-order valence-corrected chi connectivity index (χ1v) is 37.4. The van der Waals surface area contributed by atoms with Crippen LogP contribution in [0.2, 0.25) is 0 Å². The van der Waals surface area contributed by atoms with Crippen molar-refractivity contribution in [2.45, 2.75) is 336 Å². The van der Waals surface area contributed by atoms with Crippen molar-refractivity contribution in [2.24, 2.45) is 0 Å². The number of benzene rings is 2. The average Bonchev–Trinajstić information content (AvgIpc) is 3.75. The standard InChI is InChI=1S/C82H128N2O4/c1-5-9-13-17-21-25-29-33-37-41-45-49-65-85-79-63-59-73(69-81(79)87-67-51-47-43-39-35-31-27-23-19-15-11-7-3)53-55-75-57-61-77(83-71-75)78-62-58-76(72-84-78)56-54-74-60-64-80(86-66-50-46-42-38-34-30-26-22-18-14-10-6-2)82(70-74)88-68-52-48-44-40-36-32-28-24-20-16-12-8-4/h57-64,69-72H,5-52,65-68H2,1-4H3. The van der Waals surface area contributed by atoms with Crippen molar-refractivity contribution in [2.75, 3.05) is 26.4 Å². The molecule has 0 aliphatic carbocycles. The number of pyridine rings is 2. The third-order valence-electron chi connectivity index (χ3n) is 17.4. The van der Waals surface area contributed by atoms with Crippen LogP contribution in [0.15, 0.2) is 73.1 Å². The van der Waals surface area contributed by atoms with Gasteiger partial charge < -0.3 is 18.9 Å². The van der Waals surface area contributed by atoms with Crippen LogP contribution in [0.1, 0.15) is 358 Å². The molecule has 490 valence electrons. The summed E-state index contributed by atoms with van der Waals surface area (Å²) in [6, 6.07) is 20.3. The van der Waals surface area contributed by atoms with Crippen molar-refractivity contribution in [3.63, 3.8) is 0 Å². The van der Waals surface area contributed by atoms with Crippen LogP contribution < -0.4 is 18.9 Å². The van der Waals surface area contributed by atoms with Crippen LogP contribution in [0.25, 0.3) is 11.4 Å². The SMILES string of the molecule is CCCCCCCCCCCCCCOc1ccc(C#Cc2ccc(-c3ccc(C#Cc4ccc(OCCCCCCCCCCCCCC)c(OCCCCCCCCCCCCCC)c4)cn3)nc2)cc1OCCCCCCCCCCCCCC. The summed E-state index contributed by atoms with van der Waals surface area (Å²) in [6.45, 7) is 12.0. The molecule has 88 heavy (non-hydrogen) atoms. The highest BCUT2D eigenvalue weighted by molar-refractivity contribution is 5.57. The molecule has 0 saturated heterocycles. The molecule has 4 rings (SSSR count). The van der Waals surface area contributed by atoms with Gasteiger partial charge in [-0.15, -0.1) is 0 Å². The van der Waals surface area contributed by atoms with Crippen molar-refractivity contribution in [1.82, 2.24) is 9.97 Å². The van der Waals surface area contributed by atoms with Crippen molar-refractivity contribution < 1.29 is 18.9 Å². The molecule has 0 saturated carbocycles. The van der Waals surface area contributed by atoms with Gasteiger partial charge in [0.1, 0.15) is 0 Å². The Bertz CT molecular complexity index is 2210. The normalized spacial score (nSPS) is 11.1. The van der Waals surface area contributed by atoms with Crippen LogP contribution in [0, 0.1) is 23.7 Å². The first-order valence-electron chi connectivity index (χ1n) is 37.4. The van der Waals surface area contributed by atoms with Gasteiger partial charge in [-0.05, 0) is 86.3 Å². The van der Waals surface area contributed by atoms with Gasteiger partial charge in [0.25, 0.3) is 0 Å². The van der Waals surface area contributed by atoms with Crippen molar-refractivity contribution >= 4 is 0 Å². The number of unbranched alkanes of at least 4 members (excludes halogenated alkanes) is 44. The lowest BCUT2D eigenvalue weighted by atomic mass is 10.1. The topological polar surface area (TPSA) is 62.7 Å². The van der Waals surface area contributed by atoms with E-state index in [0.29, 0.717) is 26.4 Å². The van der Waals surface area contributed by atoms with Gasteiger partial charge in [0.2, 0.25) is 0 Å². The van der Waals surface area contributed by atoms with Crippen LogP contribution in [0.4, 0.5) is 0 Å². The quantitative estimate of drug-likeness (QED) is 0.0324. The monoisotopic (exact) mass is 1200 g/mol. The van der Waals surface area contributed by atoms with E-state index in [2.05, 4.69) is 75.6 Å². The van der Waals surface area contributed by atoms with Crippen LogP contribution >= 0.6 is 0 Å². The Hall–Kier alpha value is -4.94. The van der Waals surface area contributed by atoms with Crippen molar-refractivity contribution in [1.29, 1.82) is 0 Å². The second-order valence-electron chi connectivity index (χ2n) is 25.6. The summed E-state index contributed by atoms with van der Waals surface area (Å²) in [5, 5.41) is 0. The van der Waals surface area contributed by atoms with Crippen molar-refractivity contribution in [3.05, 3.63) is 95.3 Å². The smallest absolute Gasteiger partial charge is 0.162 e. The van der Waals surface area contributed by atoms with Gasteiger partial charge in [-0.3, -0.25) is 9.97 Å². The molecule has 6 nitrogen and oxygen atoms in total. The predicted molar refractivity (Wildman–Crippen MR) is 379 cm³/mol. The lowest BCUT2D eigenvalue weighted by Gasteiger charge is -2.13. The number of hydrogen-bond acceptors (Lipinski definition) is 6. The maximum atomic E-state index is 6.45. The summed E-state index contributed by atoms with van der Waals surface area (Å²) in [4.78, 5) is 9.54. The summed E-state index contributed by atoms with van der Waals surface area (Å²) >= 11 is 0. The summed E-state index contributed by atoms with van der Waals surface area (Å²) < 4.78 is 25.7. The summed E-state index contributed by atoms with van der Waals surface area (Å²) in [6.07, 6.45) is 67.4. The van der Waals surface area contributed by atoms with E-state index in [1.807, 2.05) is 48.8 Å². The Labute approximate surface area is 541 Å². The molecule has 0 aliphatic rings. The molecule has 0 N–H and O–H groups in total. The van der Waals surface area contributed by atoms with E-state index in [0.717, 1.165) is 82.3 Å². The first kappa shape index (κ1) is 75.5. The van der Waals surface area contributed by atoms with Gasteiger partial charge in [-0.2, -0.15) is 0 Å². The maximum Gasteiger partial charge on any atom is 0.162 e. The van der Waals surface area contributed by atoms with Gasteiger partial charge in [-0.25, -0.2) is 0 Å². The highest BCUT2D eigenvalue weighted by atomic mass is 16.5. The molecule has 0 atom stereocenters. The fourth-order valence-electron chi connectivity index (χ4n) is 11.7. The Morgan fingerprint density at radius 2 is 0.432 bits per heavy atom. The van der Waals surface area contributed by atoms with Gasteiger partial charge in [-0.1, -0.05) is 334 Å². The lowest BCUT2D eigenvalue weighted by Crippen LogP contribution is -2.03. The minimum atomic E-state index is 0.690. The highest BCUT2D eigenvalue weighted by Crippen LogP contribution is 2.31. The van der Waals surface area contributed by atoms with Gasteiger partial charge in [0.05, 0.1) is 37.8 Å². The zero-order chi connectivity index (χ0) is 62.1. The predicted octanol–water partition coefficient (Wildman–Crippen LogP) is 25.3. The molecule has 0 fully saturated rings. The Morgan fingerprint density at radius 1 is 0.227 bits per heavy atom. The zero-order valence-corrected chi connectivity index (χ0v) is 57.2. The van der Waals surface area contributed by atoms with E-state index >= 15 is 0 Å². The Morgan fingerprint density at radius 3 is 0.659 bits per heavy atom. The van der Waals surface area contributed by atoms with Crippen molar-refractivity contribution in [3.8, 4) is 58.1 Å². The summed E-state index contributed by atoms with van der Waals surface area (Å²) in [5.74, 6) is 16.7. The molecule has 0 amide bonds. The second kappa shape index (κ2) is 54.9. The van der Waals surface area contributed by atoms with Crippen LogP contribution in [-0.4, -0.2) is 36.4 Å². The highest BCUT2D eigenvalue weighted by Gasteiger charge is 2.10. The van der Waals surface area contributed by atoms with E-state index in [4.69, 9.17) is 28.9 Å². The Kier molecular flexibility index (Phi) is 47.2. The minimum absolute atomic E-state index is 0.690. The van der Waals surface area contributed by atoms with Gasteiger partial charge in [0, 0.05) is 34.6 Å². The number of nitrogens with zero attached hydrogens (tertiary/aromatic N) is 2. The molecule has 0 radical (unpaired) electrons. The average molecular weight is 1210 g/mol. The molecule has 0 unspecified atom stereocenters. The zero-order valence-electron chi connectivity index (χ0n) is 57.2. The van der Waals surface area contributed by atoms with E-state index < -0.39 is 0 Å². The fourth-order valence-corrected chi connectivity index (χ4v) is 11.7. The van der Waals surface area contributed by atoms with Crippen LogP contribution in [0.5, 0.6) is 23.0 Å². The van der Waals surface area contributed by atoms with E-state index in [-0.39, 0.29) is 0 Å². The number of rotatable bonds is 57. The molecular weight excluding hydrogens is 1080 g/mol. The molecular formula is C82H128N2O4. The first-order chi connectivity index (χ1) is 43.6. The fraction of sp³-hybridized carbons (Fsp3) is 0.683. The van der Waals surface area contributed by atoms with Gasteiger partial charge in [0.15, 0.2) is 23.0 Å². The molecule has 0 bridgehead atoms. The summed E-state index contributed by atoms with van der Waals surface area (Å²) in [7, 11) is 0. The number of ether oxygens (including phenoxy) is 4. The molecule has 0 spiro atoms. The Balaban J connectivity index is 1.29. The van der Waals surface area contributed by atoms with Gasteiger partial charge >= 0.3 is 0 Å². The van der Waals surface area contributed by atoms with E-state index in [1.165, 1.54) is 283 Å². The third kappa shape index (κ3) is 39.2. The molecule has 4 aromatic rings. The summed E-state index contributed by atoms with van der Waals surface area (Å²) in [5.41, 5.74) is 5.08. The van der Waals surface area contributed by atoms with E-state index in [1.54, 1.807) is 0 Å². The molecule has 2 heterocycles. The lowest BCUT2D eigenvalue weighted by molar-refractivity contribution is 0.258. The largest absolute Gasteiger partial charge is 0.490 e. The second-order valence-corrected chi connectivity index (χ2v) is 25.6. The van der Waals surface area contributed by atoms with Crippen LogP contribution in [0.3, 0.4) is 0 Å². The molecule has 0 aliphatic heterocycles. The molecule has 2 aromatic carbocycles. The third-order valence-corrected chi connectivity index (χ3v) is 17.4.